The van der Waals surface area contributed by atoms with Crippen LogP contribution in [0.3, 0.4) is 0 Å². The Kier molecular flexibility index (Phi) is 4.91. The van der Waals surface area contributed by atoms with Crippen LogP contribution >= 0.6 is 0 Å². The molecule has 0 N–H and O–H groups in total. The summed E-state index contributed by atoms with van der Waals surface area (Å²) in [5.41, 5.74) is 1.46. The molecule has 0 radical (unpaired) electrons. The molecule has 0 heterocycles. The van der Waals surface area contributed by atoms with E-state index in [1.807, 2.05) is 39.0 Å². The highest BCUT2D eigenvalue weighted by atomic mass is 16.5. The molecule has 3 heteroatoms. The maximum atomic E-state index is 12.2. The fourth-order valence-electron chi connectivity index (χ4n) is 1.68. The highest BCUT2D eigenvalue weighted by Crippen LogP contribution is 2.24. The number of methoxy groups -OCH3 is 2. The first kappa shape index (κ1) is 14.7. The second-order valence-electron chi connectivity index (χ2n) is 5.09. The van der Waals surface area contributed by atoms with Crippen LogP contribution in [-0.2, 0) is 4.74 Å². The van der Waals surface area contributed by atoms with Crippen molar-refractivity contribution in [1.29, 1.82) is 0 Å². The Labute approximate surface area is 109 Å². The molecule has 0 saturated heterocycles. The van der Waals surface area contributed by atoms with Crippen molar-refractivity contribution in [2.45, 2.75) is 39.2 Å². The molecule has 0 aromatic heterocycles. The Morgan fingerprint density at radius 2 is 1.94 bits per heavy atom. The van der Waals surface area contributed by atoms with Crippen LogP contribution in [0.5, 0.6) is 5.75 Å². The van der Waals surface area contributed by atoms with Gasteiger partial charge in [0, 0.05) is 13.5 Å². The number of Topliss-reactive ketones (excluding diaryl/α,β-unsaturated/α-hetero) is 1. The predicted octanol–water partition coefficient (Wildman–Crippen LogP) is 3.39. The molecule has 100 valence electrons. The van der Waals surface area contributed by atoms with Crippen molar-refractivity contribution in [3.05, 3.63) is 29.3 Å². The lowest BCUT2D eigenvalue weighted by atomic mass is 9.97. The van der Waals surface area contributed by atoms with E-state index >= 15 is 0 Å². The average Bonchev–Trinajstić information content (AvgIpc) is 2.36. The molecular formula is C15H22O3. The lowest BCUT2D eigenvalue weighted by Gasteiger charge is -2.22. The van der Waals surface area contributed by atoms with Gasteiger partial charge in [-0.05, 0) is 44.9 Å². The van der Waals surface area contributed by atoms with Gasteiger partial charge >= 0.3 is 0 Å². The van der Waals surface area contributed by atoms with Crippen molar-refractivity contribution in [2.75, 3.05) is 14.2 Å². The zero-order chi connectivity index (χ0) is 13.8. The minimum atomic E-state index is -0.270. The standard InChI is InChI=1S/C15H22O3/c1-11-6-7-12(14(10-11)17-4)13(16)8-9-15(2,3)18-5/h6-7,10H,8-9H2,1-5H3. The van der Waals surface area contributed by atoms with Crippen LogP contribution in [0, 0.1) is 6.92 Å². The van der Waals surface area contributed by atoms with Gasteiger partial charge in [0.15, 0.2) is 5.78 Å². The Hall–Kier alpha value is -1.35. The van der Waals surface area contributed by atoms with Gasteiger partial charge in [0.1, 0.15) is 5.75 Å². The molecule has 1 aromatic rings. The van der Waals surface area contributed by atoms with Crippen LogP contribution in [-0.4, -0.2) is 25.6 Å². The summed E-state index contributed by atoms with van der Waals surface area (Å²) < 4.78 is 10.6. The smallest absolute Gasteiger partial charge is 0.166 e. The molecule has 0 aliphatic carbocycles. The van der Waals surface area contributed by atoms with Crippen LogP contribution in [0.2, 0.25) is 0 Å². The van der Waals surface area contributed by atoms with E-state index in [2.05, 4.69) is 0 Å². The molecule has 0 saturated carbocycles. The lowest BCUT2D eigenvalue weighted by Crippen LogP contribution is -2.23. The summed E-state index contributed by atoms with van der Waals surface area (Å²) in [6.07, 6.45) is 1.15. The highest BCUT2D eigenvalue weighted by Gasteiger charge is 2.20. The first-order valence-electron chi connectivity index (χ1n) is 6.12. The molecule has 0 aliphatic heterocycles. The van der Waals surface area contributed by atoms with Gasteiger partial charge in [-0.25, -0.2) is 0 Å². The molecule has 0 fully saturated rings. The number of carbonyl (C=O) groups is 1. The molecule has 1 aromatic carbocycles. The average molecular weight is 250 g/mol. The molecule has 18 heavy (non-hydrogen) atoms. The topological polar surface area (TPSA) is 35.5 Å². The van der Waals surface area contributed by atoms with E-state index in [4.69, 9.17) is 9.47 Å². The monoisotopic (exact) mass is 250 g/mol. The van der Waals surface area contributed by atoms with E-state index in [1.165, 1.54) is 0 Å². The van der Waals surface area contributed by atoms with Gasteiger partial charge in [0.2, 0.25) is 0 Å². The third-order valence-electron chi connectivity index (χ3n) is 3.16. The van der Waals surface area contributed by atoms with E-state index in [-0.39, 0.29) is 11.4 Å². The first-order chi connectivity index (χ1) is 8.39. The van der Waals surface area contributed by atoms with E-state index in [1.54, 1.807) is 14.2 Å². The summed E-state index contributed by atoms with van der Waals surface area (Å²) in [5.74, 6) is 0.743. The maximum Gasteiger partial charge on any atom is 0.166 e. The van der Waals surface area contributed by atoms with Crippen LogP contribution in [0.25, 0.3) is 0 Å². The summed E-state index contributed by atoms with van der Waals surface area (Å²) >= 11 is 0. The van der Waals surface area contributed by atoms with E-state index in [9.17, 15) is 4.79 Å². The lowest BCUT2D eigenvalue weighted by molar-refractivity contribution is 0.0141. The Bertz CT molecular complexity index is 422. The normalized spacial score (nSPS) is 11.4. The second kappa shape index (κ2) is 6.01. The third-order valence-corrected chi connectivity index (χ3v) is 3.16. The van der Waals surface area contributed by atoms with Gasteiger partial charge in [0.25, 0.3) is 0 Å². The van der Waals surface area contributed by atoms with E-state index in [0.717, 1.165) is 5.56 Å². The number of ketones is 1. The molecular weight excluding hydrogens is 228 g/mol. The molecule has 3 nitrogen and oxygen atoms in total. The number of rotatable bonds is 6. The SMILES string of the molecule is COc1cc(C)ccc1C(=O)CCC(C)(C)OC. The van der Waals surface area contributed by atoms with Crippen LogP contribution in [0.15, 0.2) is 18.2 Å². The number of aryl methyl sites for hydroxylation is 1. The largest absolute Gasteiger partial charge is 0.496 e. The summed E-state index contributed by atoms with van der Waals surface area (Å²) in [7, 11) is 3.25. The molecule has 0 bridgehead atoms. The first-order valence-corrected chi connectivity index (χ1v) is 6.12. The van der Waals surface area contributed by atoms with E-state index < -0.39 is 0 Å². The second-order valence-corrected chi connectivity index (χ2v) is 5.09. The van der Waals surface area contributed by atoms with Crippen molar-refractivity contribution in [1.82, 2.24) is 0 Å². The minimum Gasteiger partial charge on any atom is -0.496 e. The Morgan fingerprint density at radius 1 is 1.28 bits per heavy atom. The van der Waals surface area contributed by atoms with Crippen molar-refractivity contribution in [3.63, 3.8) is 0 Å². The minimum absolute atomic E-state index is 0.0944. The Morgan fingerprint density at radius 3 is 2.50 bits per heavy atom. The van der Waals surface area contributed by atoms with Gasteiger partial charge in [-0.15, -0.1) is 0 Å². The van der Waals surface area contributed by atoms with Gasteiger partial charge in [-0.2, -0.15) is 0 Å². The van der Waals surface area contributed by atoms with Crippen LogP contribution in [0.1, 0.15) is 42.6 Å². The van der Waals surface area contributed by atoms with Crippen molar-refractivity contribution < 1.29 is 14.3 Å². The number of carbonyl (C=O) groups excluding carboxylic acids is 1. The predicted molar refractivity (Wildman–Crippen MR) is 72.4 cm³/mol. The van der Waals surface area contributed by atoms with Crippen LogP contribution < -0.4 is 4.74 Å². The zero-order valence-electron chi connectivity index (χ0n) is 11.9. The van der Waals surface area contributed by atoms with Gasteiger partial charge in [-0.3, -0.25) is 4.79 Å². The fraction of sp³-hybridized carbons (Fsp3) is 0.533. The Balaban J connectivity index is 2.79. The number of hydrogen-bond donors (Lipinski definition) is 0. The summed E-state index contributed by atoms with van der Waals surface area (Å²) in [6.45, 7) is 5.93. The molecule has 0 aliphatic rings. The van der Waals surface area contributed by atoms with Crippen LogP contribution in [0.4, 0.5) is 0 Å². The van der Waals surface area contributed by atoms with Crippen molar-refractivity contribution in [2.24, 2.45) is 0 Å². The van der Waals surface area contributed by atoms with Crippen molar-refractivity contribution >= 4 is 5.78 Å². The summed E-state index contributed by atoms with van der Waals surface area (Å²) in [4.78, 5) is 12.2. The van der Waals surface area contributed by atoms with Gasteiger partial charge in [-0.1, -0.05) is 6.07 Å². The molecule has 0 spiro atoms. The highest BCUT2D eigenvalue weighted by molar-refractivity contribution is 5.98. The molecule has 0 amide bonds. The van der Waals surface area contributed by atoms with Crippen molar-refractivity contribution in [3.8, 4) is 5.75 Å². The van der Waals surface area contributed by atoms with Gasteiger partial charge in [0.05, 0.1) is 18.3 Å². The molecule has 0 unspecified atom stereocenters. The van der Waals surface area contributed by atoms with Gasteiger partial charge < -0.3 is 9.47 Å². The summed E-state index contributed by atoms with van der Waals surface area (Å²) in [6, 6.07) is 5.64. The number of benzene rings is 1. The van der Waals surface area contributed by atoms with E-state index in [0.29, 0.717) is 24.2 Å². The number of hydrogen-bond acceptors (Lipinski definition) is 3. The third kappa shape index (κ3) is 3.84. The quantitative estimate of drug-likeness (QED) is 0.726. The summed E-state index contributed by atoms with van der Waals surface area (Å²) in [5, 5.41) is 0. The molecule has 1 rings (SSSR count). The zero-order valence-corrected chi connectivity index (χ0v) is 11.9. The fourth-order valence-corrected chi connectivity index (χ4v) is 1.68. The maximum absolute atomic E-state index is 12.2. The number of ether oxygens (including phenoxy) is 2. The molecule has 0 atom stereocenters.